The molecule has 44 heavy (non-hydrogen) atoms. The Bertz CT molecular complexity index is 1320. The first-order valence-corrected chi connectivity index (χ1v) is 14.3. The number of carbonyl (C=O) groups is 2. The highest BCUT2D eigenvalue weighted by atomic mass is 19.4. The third kappa shape index (κ3) is 7.52. The number of carboxylic acid groups (broad SMARTS) is 1. The highest BCUT2D eigenvalue weighted by molar-refractivity contribution is 5.89. The van der Waals surface area contributed by atoms with Crippen molar-refractivity contribution in [2.45, 2.75) is 68.2 Å². The largest absolute Gasteiger partial charge is 0.493 e. The zero-order valence-corrected chi connectivity index (χ0v) is 24.4. The summed E-state index contributed by atoms with van der Waals surface area (Å²) in [7, 11) is 3.29. The number of nitrogens with zero attached hydrogens (tertiary/aromatic N) is 1. The molecule has 3 atom stereocenters. The van der Waals surface area contributed by atoms with Gasteiger partial charge in [0.25, 0.3) is 0 Å². The fourth-order valence-electron chi connectivity index (χ4n) is 6.59. The van der Waals surface area contributed by atoms with Crippen LogP contribution in [0.15, 0.2) is 36.4 Å². The van der Waals surface area contributed by atoms with Crippen LogP contribution in [0.2, 0.25) is 0 Å². The molecule has 242 valence electrons. The van der Waals surface area contributed by atoms with Gasteiger partial charge in [-0.2, -0.15) is 13.2 Å². The van der Waals surface area contributed by atoms with E-state index in [-0.39, 0.29) is 23.2 Å². The Labute approximate surface area is 251 Å². The van der Waals surface area contributed by atoms with Crippen LogP contribution in [0, 0.1) is 11.6 Å². The summed E-state index contributed by atoms with van der Waals surface area (Å²) in [5.74, 6) is -2.61. The maximum absolute atomic E-state index is 14.1. The number of carboxylic acids is 1. The fraction of sp³-hybridized carbons (Fsp3) is 0.533. The highest BCUT2D eigenvalue weighted by Crippen LogP contribution is 2.51. The van der Waals surface area contributed by atoms with Crippen molar-refractivity contribution in [3.05, 3.63) is 53.6 Å². The minimum atomic E-state index is -5.08. The van der Waals surface area contributed by atoms with Crippen LogP contribution in [-0.2, 0) is 14.9 Å². The Hall–Kier alpha value is -3.65. The number of halogens is 5. The predicted octanol–water partition coefficient (Wildman–Crippen LogP) is 5.48. The van der Waals surface area contributed by atoms with Gasteiger partial charge in [0.05, 0.1) is 19.9 Å². The van der Waals surface area contributed by atoms with E-state index in [2.05, 4.69) is 27.7 Å². The maximum Gasteiger partial charge on any atom is 0.490 e. The van der Waals surface area contributed by atoms with Gasteiger partial charge in [0.1, 0.15) is 11.6 Å². The summed E-state index contributed by atoms with van der Waals surface area (Å²) in [6.45, 7) is 2.51. The SMILES string of the molecule is COc1ccc(C23CCC(NC(=O)Nc4cc(F)ccc4F)CC2N(C2CCOCC2)CC3)cc1OC.O=C(O)C(F)(F)F. The molecule has 5 rings (SSSR count). The summed E-state index contributed by atoms with van der Waals surface area (Å²) < 4.78 is 76.1. The van der Waals surface area contributed by atoms with Crippen LogP contribution in [0.25, 0.3) is 0 Å². The van der Waals surface area contributed by atoms with Crippen molar-refractivity contribution in [2.75, 3.05) is 39.3 Å². The summed E-state index contributed by atoms with van der Waals surface area (Å²) in [6, 6.07) is 9.30. The van der Waals surface area contributed by atoms with Gasteiger partial charge in [0.2, 0.25) is 0 Å². The zero-order chi connectivity index (χ0) is 32.1. The standard InChI is InChI=1S/C28H35F2N3O4.C2HF3O2/c1-35-24-6-3-18(15-25(24)36-2)28-10-7-20(31-27(34)32-23-16-19(29)4-5-22(23)30)17-26(28)33(12-11-28)21-8-13-37-14-9-21;3-2(4,5)1(6)7/h3-6,15-16,20-21,26H,7-14,17H2,1-2H3,(H2,31,32,34);(H,6,7). The van der Waals surface area contributed by atoms with Gasteiger partial charge in [0.15, 0.2) is 11.5 Å². The zero-order valence-electron chi connectivity index (χ0n) is 24.4. The molecule has 0 radical (unpaired) electrons. The monoisotopic (exact) mass is 629 g/mol. The lowest BCUT2D eigenvalue weighted by atomic mass is 9.65. The number of aliphatic carboxylic acids is 1. The first kappa shape index (κ1) is 33.2. The minimum Gasteiger partial charge on any atom is -0.493 e. The molecule has 0 aromatic heterocycles. The molecule has 2 saturated heterocycles. The van der Waals surface area contributed by atoms with Crippen molar-refractivity contribution < 1.29 is 50.9 Å². The van der Waals surface area contributed by atoms with Gasteiger partial charge >= 0.3 is 18.2 Å². The Morgan fingerprint density at radius 3 is 2.32 bits per heavy atom. The number of hydrogen-bond acceptors (Lipinski definition) is 6. The number of hydrogen-bond donors (Lipinski definition) is 3. The number of amides is 2. The predicted molar refractivity (Wildman–Crippen MR) is 150 cm³/mol. The lowest BCUT2D eigenvalue weighted by Gasteiger charge is -2.47. The molecule has 9 nitrogen and oxygen atoms in total. The van der Waals surface area contributed by atoms with E-state index in [4.69, 9.17) is 24.1 Å². The lowest BCUT2D eigenvalue weighted by molar-refractivity contribution is -0.192. The Balaban J connectivity index is 0.000000566. The first-order valence-electron chi connectivity index (χ1n) is 14.3. The Kier molecular flexibility index (Phi) is 10.6. The second kappa shape index (κ2) is 14.0. The molecule has 3 N–H and O–H groups in total. The van der Waals surface area contributed by atoms with Gasteiger partial charge in [-0.25, -0.2) is 18.4 Å². The molecular weight excluding hydrogens is 593 g/mol. The van der Waals surface area contributed by atoms with E-state index in [1.165, 1.54) is 5.56 Å². The molecule has 2 aromatic rings. The maximum atomic E-state index is 14.1. The number of nitrogens with one attached hydrogen (secondary N) is 2. The van der Waals surface area contributed by atoms with Gasteiger partial charge in [0, 0.05) is 42.8 Å². The molecule has 2 heterocycles. The average Bonchev–Trinajstić information content (AvgIpc) is 3.39. The van der Waals surface area contributed by atoms with E-state index < -0.39 is 29.8 Å². The molecule has 3 unspecified atom stereocenters. The van der Waals surface area contributed by atoms with Crippen molar-refractivity contribution >= 4 is 17.7 Å². The summed E-state index contributed by atoms with van der Waals surface area (Å²) in [4.78, 5) is 24.3. The lowest BCUT2D eigenvalue weighted by Crippen LogP contribution is -2.55. The molecule has 0 bridgehead atoms. The first-order chi connectivity index (χ1) is 20.9. The smallest absolute Gasteiger partial charge is 0.490 e. The van der Waals surface area contributed by atoms with Crippen molar-refractivity contribution in [1.29, 1.82) is 0 Å². The Morgan fingerprint density at radius 1 is 1.00 bits per heavy atom. The van der Waals surface area contributed by atoms with Crippen LogP contribution < -0.4 is 20.1 Å². The van der Waals surface area contributed by atoms with E-state index in [0.717, 1.165) is 82.2 Å². The number of rotatable bonds is 6. The number of likely N-dealkylation sites (tertiary alicyclic amines) is 1. The molecule has 3 fully saturated rings. The van der Waals surface area contributed by atoms with E-state index in [1.807, 2.05) is 6.07 Å². The number of carbonyl (C=O) groups excluding carboxylic acids is 1. The number of fused-ring (bicyclic) bond motifs is 1. The van der Waals surface area contributed by atoms with Crippen LogP contribution >= 0.6 is 0 Å². The summed E-state index contributed by atoms with van der Waals surface area (Å²) in [6.07, 6.45) is 0.381. The number of urea groups is 1. The second-order valence-corrected chi connectivity index (χ2v) is 11.1. The Morgan fingerprint density at radius 2 is 1.68 bits per heavy atom. The number of benzene rings is 2. The topological polar surface area (TPSA) is 109 Å². The third-order valence-corrected chi connectivity index (χ3v) is 8.67. The van der Waals surface area contributed by atoms with Crippen LogP contribution in [0.3, 0.4) is 0 Å². The summed E-state index contributed by atoms with van der Waals surface area (Å²) >= 11 is 0. The van der Waals surface area contributed by atoms with E-state index in [0.29, 0.717) is 11.8 Å². The quantitative estimate of drug-likeness (QED) is 0.363. The molecule has 14 heteroatoms. The minimum absolute atomic E-state index is 0.0683. The van der Waals surface area contributed by atoms with Gasteiger partial charge < -0.3 is 30.0 Å². The van der Waals surface area contributed by atoms with Crippen LogP contribution in [0.4, 0.5) is 32.4 Å². The number of ether oxygens (including phenoxy) is 3. The van der Waals surface area contributed by atoms with Crippen LogP contribution in [0.1, 0.15) is 44.1 Å². The van der Waals surface area contributed by atoms with Gasteiger partial charge in [-0.15, -0.1) is 0 Å². The molecule has 1 saturated carbocycles. The molecule has 1 aliphatic carbocycles. The molecule has 2 aromatic carbocycles. The molecule has 3 aliphatic rings. The second-order valence-electron chi connectivity index (χ2n) is 11.1. The molecular formula is C30H36F5N3O6. The number of anilines is 1. The van der Waals surface area contributed by atoms with Crippen molar-refractivity contribution in [1.82, 2.24) is 10.2 Å². The number of alkyl halides is 3. The van der Waals surface area contributed by atoms with Crippen LogP contribution in [-0.4, -0.2) is 80.3 Å². The fourth-order valence-corrected chi connectivity index (χ4v) is 6.59. The third-order valence-electron chi connectivity index (χ3n) is 8.67. The number of methoxy groups -OCH3 is 2. The normalized spacial score (nSPS) is 24.0. The van der Waals surface area contributed by atoms with Gasteiger partial charge in [-0.1, -0.05) is 6.07 Å². The van der Waals surface area contributed by atoms with Crippen molar-refractivity contribution in [3.63, 3.8) is 0 Å². The molecule has 2 amide bonds. The average molecular weight is 630 g/mol. The van der Waals surface area contributed by atoms with E-state index in [1.54, 1.807) is 14.2 Å². The van der Waals surface area contributed by atoms with Gasteiger partial charge in [-0.3, -0.25) is 4.90 Å². The summed E-state index contributed by atoms with van der Waals surface area (Å²) in [5, 5.41) is 12.6. The van der Waals surface area contributed by atoms with Crippen molar-refractivity contribution in [2.24, 2.45) is 0 Å². The van der Waals surface area contributed by atoms with Gasteiger partial charge in [-0.05, 0) is 74.9 Å². The van der Waals surface area contributed by atoms with E-state index >= 15 is 0 Å². The highest BCUT2D eigenvalue weighted by Gasteiger charge is 2.53. The van der Waals surface area contributed by atoms with E-state index in [9.17, 15) is 26.7 Å². The molecule has 0 spiro atoms. The van der Waals surface area contributed by atoms with Crippen molar-refractivity contribution in [3.8, 4) is 11.5 Å². The molecule has 2 aliphatic heterocycles. The summed E-state index contributed by atoms with van der Waals surface area (Å²) in [5.41, 5.74) is 0.994. The van der Waals surface area contributed by atoms with Crippen LogP contribution in [0.5, 0.6) is 11.5 Å².